The van der Waals surface area contributed by atoms with Gasteiger partial charge in [0.05, 0.1) is 25.6 Å². The molecule has 162 valence electrons. The minimum atomic E-state index is -0.782. The van der Waals surface area contributed by atoms with Gasteiger partial charge < -0.3 is 19.5 Å². The molecule has 1 amide bonds. The number of benzene rings is 2. The first-order valence-electron chi connectivity index (χ1n) is 9.41. The number of nitrogens with zero attached hydrogens (tertiary/aromatic N) is 2. The summed E-state index contributed by atoms with van der Waals surface area (Å²) in [5, 5.41) is 2.54. The predicted octanol–water partition coefficient (Wildman–Crippen LogP) is 2.30. The first kappa shape index (κ1) is 21.7. The fraction of sp³-hybridized carbons (Fsp3) is 0.227. The Bertz CT molecular complexity index is 1140. The number of ether oxygens (including phenoxy) is 3. The monoisotopic (exact) mass is 425 g/mol. The topological polar surface area (TPSA) is 101 Å². The standard InChI is InChI=1S/C22H23N3O6/c1-14-20(21(27)25(24(14)2)15-9-6-5-7-10-15)23-18(26)13-31-22(28)19-16(29-3)11-8-12-17(19)30-4/h5-12H,13H2,1-4H3,(H,23,26). The number of anilines is 1. The number of methoxy groups -OCH3 is 2. The smallest absolute Gasteiger partial charge is 0.346 e. The normalized spacial score (nSPS) is 10.5. The maximum absolute atomic E-state index is 12.9. The first-order valence-corrected chi connectivity index (χ1v) is 9.41. The lowest BCUT2D eigenvalue weighted by Crippen LogP contribution is -2.26. The number of nitrogens with one attached hydrogen (secondary N) is 1. The van der Waals surface area contributed by atoms with Crippen molar-refractivity contribution in [2.75, 3.05) is 26.1 Å². The molecule has 0 unspecified atom stereocenters. The number of aromatic nitrogens is 2. The third-order valence-corrected chi connectivity index (χ3v) is 4.78. The van der Waals surface area contributed by atoms with Crippen molar-refractivity contribution < 1.29 is 23.8 Å². The van der Waals surface area contributed by atoms with Gasteiger partial charge in [-0.15, -0.1) is 0 Å². The lowest BCUT2D eigenvalue weighted by molar-refractivity contribution is -0.119. The summed E-state index contributed by atoms with van der Waals surface area (Å²) < 4.78 is 18.5. The molecule has 3 rings (SSSR count). The molecular formula is C22H23N3O6. The molecule has 0 saturated heterocycles. The molecule has 2 aromatic carbocycles. The second-order valence-corrected chi connectivity index (χ2v) is 6.60. The SMILES string of the molecule is COc1cccc(OC)c1C(=O)OCC(=O)Nc1c(C)n(C)n(-c2ccccc2)c1=O. The van der Waals surface area contributed by atoms with Gasteiger partial charge in [0.2, 0.25) is 0 Å². The quantitative estimate of drug-likeness (QED) is 0.583. The van der Waals surface area contributed by atoms with Gasteiger partial charge in [-0.25, -0.2) is 9.48 Å². The number of amides is 1. The molecule has 31 heavy (non-hydrogen) atoms. The number of carbonyl (C=O) groups is 2. The van der Waals surface area contributed by atoms with Gasteiger partial charge in [0, 0.05) is 7.05 Å². The van der Waals surface area contributed by atoms with Crippen molar-refractivity contribution >= 4 is 17.6 Å². The van der Waals surface area contributed by atoms with Gasteiger partial charge in [0.25, 0.3) is 11.5 Å². The van der Waals surface area contributed by atoms with E-state index in [9.17, 15) is 14.4 Å². The Hall–Kier alpha value is -4.01. The van der Waals surface area contributed by atoms with Crippen molar-refractivity contribution in [2.24, 2.45) is 7.05 Å². The summed E-state index contributed by atoms with van der Waals surface area (Å²) in [6.45, 7) is 1.13. The molecule has 0 aliphatic rings. The van der Waals surface area contributed by atoms with Gasteiger partial charge in [0.1, 0.15) is 22.7 Å². The number of hydrogen-bond acceptors (Lipinski definition) is 6. The first-order chi connectivity index (χ1) is 14.9. The fourth-order valence-electron chi connectivity index (χ4n) is 3.14. The van der Waals surface area contributed by atoms with Crippen LogP contribution in [-0.2, 0) is 16.6 Å². The number of para-hydroxylation sites is 1. The fourth-order valence-corrected chi connectivity index (χ4v) is 3.14. The molecule has 1 aromatic heterocycles. The summed E-state index contributed by atoms with van der Waals surface area (Å²) in [6.07, 6.45) is 0. The highest BCUT2D eigenvalue weighted by Gasteiger charge is 2.22. The Balaban J connectivity index is 1.76. The van der Waals surface area contributed by atoms with Crippen molar-refractivity contribution in [3.8, 4) is 17.2 Å². The van der Waals surface area contributed by atoms with Crippen molar-refractivity contribution in [2.45, 2.75) is 6.92 Å². The van der Waals surface area contributed by atoms with Crippen molar-refractivity contribution in [3.05, 3.63) is 70.1 Å². The van der Waals surface area contributed by atoms with Gasteiger partial charge in [-0.05, 0) is 31.2 Å². The van der Waals surface area contributed by atoms with Crippen molar-refractivity contribution in [1.82, 2.24) is 9.36 Å². The molecule has 0 atom stereocenters. The third-order valence-electron chi connectivity index (χ3n) is 4.78. The summed E-state index contributed by atoms with van der Waals surface area (Å²) in [5.74, 6) is -0.909. The van der Waals surface area contributed by atoms with Crippen LogP contribution >= 0.6 is 0 Å². The molecule has 0 bridgehead atoms. The zero-order valence-electron chi connectivity index (χ0n) is 17.7. The Kier molecular flexibility index (Phi) is 6.44. The van der Waals surface area contributed by atoms with E-state index in [2.05, 4.69) is 5.32 Å². The van der Waals surface area contributed by atoms with E-state index in [0.29, 0.717) is 11.4 Å². The van der Waals surface area contributed by atoms with Crippen LogP contribution in [-0.4, -0.2) is 42.1 Å². The Morgan fingerprint density at radius 2 is 1.58 bits per heavy atom. The molecule has 0 fully saturated rings. The van der Waals surface area contributed by atoms with Crippen LogP contribution in [0.4, 0.5) is 5.69 Å². The average molecular weight is 425 g/mol. The zero-order valence-corrected chi connectivity index (χ0v) is 17.7. The van der Waals surface area contributed by atoms with Gasteiger partial charge in [-0.3, -0.25) is 14.3 Å². The van der Waals surface area contributed by atoms with E-state index in [4.69, 9.17) is 14.2 Å². The number of esters is 1. The highest BCUT2D eigenvalue weighted by atomic mass is 16.5. The molecule has 9 heteroatoms. The van der Waals surface area contributed by atoms with Crippen LogP contribution in [0.1, 0.15) is 16.1 Å². The van der Waals surface area contributed by atoms with E-state index >= 15 is 0 Å². The second-order valence-electron chi connectivity index (χ2n) is 6.60. The highest BCUT2D eigenvalue weighted by molar-refractivity contribution is 5.98. The average Bonchev–Trinajstić information content (AvgIpc) is 3.00. The van der Waals surface area contributed by atoms with E-state index in [0.717, 1.165) is 0 Å². The van der Waals surface area contributed by atoms with E-state index in [1.54, 1.807) is 49.0 Å². The van der Waals surface area contributed by atoms with Gasteiger partial charge in [-0.2, -0.15) is 0 Å². The Morgan fingerprint density at radius 1 is 0.968 bits per heavy atom. The number of carbonyl (C=O) groups excluding carboxylic acids is 2. The molecule has 0 spiro atoms. The van der Waals surface area contributed by atoms with Gasteiger partial charge >= 0.3 is 5.97 Å². The van der Waals surface area contributed by atoms with Crippen LogP contribution in [0.2, 0.25) is 0 Å². The van der Waals surface area contributed by atoms with Gasteiger partial charge in [0.15, 0.2) is 6.61 Å². The maximum Gasteiger partial charge on any atom is 0.346 e. The Morgan fingerprint density at radius 3 is 2.16 bits per heavy atom. The lowest BCUT2D eigenvalue weighted by atomic mass is 10.2. The molecule has 0 aliphatic heterocycles. The third kappa shape index (κ3) is 4.30. The van der Waals surface area contributed by atoms with E-state index in [1.807, 2.05) is 18.2 Å². The number of rotatable bonds is 7. The molecule has 9 nitrogen and oxygen atoms in total. The minimum absolute atomic E-state index is 0.0719. The summed E-state index contributed by atoms with van der Waals surface area (Å²) in [4.78, 5) is 37.8. The Labute approximate surface area is 178 Å². The van der Waals surface area contributed by atoms with Crippen LogP contribution in [0, 0.1) is 6.92 Å². The molecule has 3 aromatic rings. The molecule has 0 saturated carbocycles. The van der Waals surface area contributed by atoms with Crippen molar-refractivity contribution in [1.29, 1.82) is 0 Å². The summed E-state index contributed by atoms with van der Waals surface area (Å²) in [7, 11) is 4.54. The largest absolute Gasteiger partial charge is 0.496 e. The van der Waals surface area contributed by atoms with Crippen LogP contribution in [0.3, 0.4) is 0 Å². The molecule has 0 aliphatic carbocycles. The van der Waals surface area contributed by atoms with Crippen LogP contribution in [0.25, 0.3) is 5.69 Å². The van der Waals surface area contributed by atoms with Crippen LogP contribution < -0.4 is 20.3 Å². The minimum Gasteiger partial charge on any atom is -0.496 e. The van der Waals surface area contributed by atoms with E-state index in [-0.39, 0.29) is 22.7 Å². The lowest BCUT2D eigenvalue weighted by Gasteiger charge is -2.12. The maximum atomic E-state index is 12.9. The summed E-state index contributed by atoms with van der Waals surface area (Å²) >= 11 is 0. The van der Waals surface area contributed by atoms with Gasteiger partial charge in [-0.1, -0.05) is 24.3 Å². The second kappa shape index (κ2) is 9.21. The van der Waals surface area contributed by atoms with E-state index in [1.165, 1.54) is 18.9 Å². The highest BCUT2D eigenvalue weighted by Crippen LogP contribution is 2.28. The van der Waals surface area contributed by atoms with Crippen molar-refractivity contribution in [3.63, 3.8) is 0 Å². The molecule has 0 radical (unpaired) electrons. The van der Waals surface area contributed by atoms with Crippen LogP contribution in [0.15, 0.2) is 53.3 Å². The van der Waals surface area contributed by atoms with E-state index < -0.39 is 24.0 Å². The summed E-state index contributed by atoms with van der Waals surface area (Å²) in [6, 6.07) is 13.9. The molecule has 1 N–H and O–H groups in total. The number of hydrogen-bond donors (Lipinski definition) is 1. The zero-order chi connectivity index (χ0) is 22.5. The predicted molar refractivity (Wildman–Crippen MR) is 114 cm³/mol. The summed E-state index contributed by atoms with van der Waals surface area (Å²) in [5.41, 5.74) is 1.01. The molecular weight excluding hydrogens is 402 g/mol. The molecule has 1 heterocycles. The van der Waals surface area contributed by atoms with Crippen LogP contribution in [0.5, 0.6) is 11.5 Å².